The van der Waals surface area contributed by atoms with Crippen LogP contribution in [0.3, 0.4) is 0 Å². The number of nitrogens with zero attached hydrogens (tertiary/aromatic N) is 2. The zero-order chi connectivity index (χ0) is 20.5. The molecule has 0 fully saturated rings. The van der Waals surface area contributed by atoms with Gasteiger partial charge in [0.25, 0.3) is 0 Å². The van der Waals surface area contributed by atoms with Crippen LogP contribution >= 0.6 is 11.8 Å². The highest BCUT2D eigenvalue weighted by molar-refractivity contribution is 7.99. The molecular weight excluding hydrogens is 384 g/mol. The molecule has 2 aromatic rings. The number of hydrogen-bond donors (Lipinski definition) is 3. The third-order valence-electron chi connectivity index (χ3n) is 3.66. The Labute approximate surface area is 166 Å². The number of thioether (sulfide) groups is 1. The highest BCUT2D eigenvalue weighted by Gasteiger charge is 2.14. The zero-order valence-electron chi connectivity index (χ0n) is 15.6. The van der Waals surface area contributed by atoms with E-state index in [4.69, 9.17) is 4.74 Å². The first-order valence-electron chi connectivity index (χ1n) is 8.54. The van der Waals surface area contributed by atoms with Crippen molar-refractivity contribution in [2.45, 2.75) is 25.2 Å². The molecule has 0 spiro atoms. The number of rotatable bonds is 9. The summed E-state index contributed by atoms with van der Waals surface area (Å²) in [6.45, 7) is 1.77. The lowest BCUT2D eigenvalue weighted by Crippen LogP contribution is -2.25. The minimum atomic E-state index is -0.418. The third-order valence-corrected chi connectivity index (χ3v) is 4.65. The maximum Gasteiger partial charge on any atom is 0.338 e. The van der Waals surface area contributed by atoms with Crippen LogP contribution in [0.1, 0.15) is 23.0 Å². The van der Waals surface area contributed by atoms with Crippen molar-refractivity contribution in [2.75, 3.05) is 24.7 Å². The van der Waals surface area contributed by atoms with Crippen LogP contribution in [0.15, 0.2) is 35.6 Å². The molecule has 10 heteroatoms. The fourth-order valence-corrected chi connectivity index (χ4v) is 3.05. The molecular formula is C18H22N4O5S. The zero-order valence-corrected chi connectivity index (χ0v) is 16.4. The third kappa shape index (κ3) is 5.83. The van der Waals surface area contributed by atoms with E-state index in [2.05, 4.69) is 15.6 Å². The standard InChI is InChI=1S/C18H22N4O5S/c1-3-27-17(26)12-4-6-13(7-5-12)21-16(25)11-28-18-20-8-14(10-23)22(18)9-15(24)19-2/h4-8,23H,3,9-11H2,1-2H3,(H,19,24)(H,21,25). The summed E-state index contributed by atoms with van der Waals surface area (Å²) in [6.07, 6.45) is 1.47. The lowest BCUT2D eigenvalue weighted by atomic mass is 10.2. The van der Waals surface area contributed by atoms with Crippen LogP contribution in [0.5, 0.6) is 0 Å². The van der Waals surface area contributed by atoms with E-state index in [-0.39, 0.29) is 30.7 Å². The summed E-state index contributed by atoms with van der Waals surface area (Å²) < 4.78 is 6.47. The minimum Gasteiger partial charge on any atom is -0.462 e. The van der Waals surface area contributed by atoms with Gasteiger partial charge < -0.3 is 25.0 Å². The van der Waals surface area contributed by atoms with E-state index < -0.39 is 5.97 Å². The average molecular weight is 406 g/mol. The van der Waals surface area contributed by atoms with E-state index in [1.807, 2.05) is 0 Å². The fraction of sp³-hybridized carbons (Fsp3) is 0.333. The Bertz CT molecular complexity index is 835. The molecule has 1 heterocycles. The Morgan fingerprint density at radius 3 is 2.54 bits per heavy atom. The lowest BCUT2D eigenvalue weighted by molar-refractivity contribution is -0.121. The largest absolute Gasteiger partial charge is 0.462 e. The van der Waals surface area contributed by atoms with Gasteiger partial charge in [-0.1, -0.05) is 11.8 Å². The molecule has 1 aromatic carbocycles. The van der Waals surface area contributed by atoms with Crippen molar-refractivity contribution in [1.82, 2.24) is 14.9 Å². The molecule has 0 bridgehead atoms. The number of esters is 1. The number of ether oxygens (including phenoxy) is 1. The highest BCUT2D eigenvalue weighted by Crippen LogP contribution is 2.19. The smallest absolute Gasteiger partial charge is 0.338 e. The first-order chi connectivity index (χ1) is 13.5. The van der Waals surface area contributed by atoms with Crippen LogP contribution in [0.2, 0.25) is 0 Å². The van der Waals surface area contributed by atoms with Crippen LogP contribution in [0, 0.1) is 0 Å². The number of nitrogens with one attached hydrogen (secondary N) is 2. The second-order valence-corrected chi connectivity index (χ2v) is 6.53. The maximum atomic E-state index is 12.2. The first kappa shape index (κ1) is 21.5. The van der Waals surface area contributed by atoms with E-state index >= 15 is 0 Å². The van der Waals surface area contributed by atoms with Gasteiger partial charge in [0.15, 0.2) is 5.16 Å². The predicted molar refractivity (Wildman–Crippen MR) is 104 cm³/mol. The van der Waals surface area contributed by atoms with Gasteiger partial charge in [-0.05, 0) is 31.2 Å². The molecule has 0 aliphatic carbocycles. The normalized spacial score (nSPS) is 10.4. The number of aromatic nitrogens is 2. The van der Waals surface area contributed by atoms with Gasteiger partial charge in [0, 0.05) is 12.7 Å². The summed E-state index contributed by atoms with van der Waals surface area (Å²) in [6, 6.07) is 6.38. The molecule has 28 heavy (non-hydrogen) atoms. The molecule has 9 nitrogen and oxygen atoms in total. The van der Waals surface area contributed by atoms with Crippen molar-refractivity contribution in [2.24, 2.45) is 0 Å². The van der Waals surface area contributed by atoms with Crippen molar-refractivity contribution < 1.29 is 24.2 Å². The van der Waals surface area contributed by atoms with Crippen molar-refractivity contribution in [3.05, 3.63) is 41.7 Å². The number of imidazole rings is 1. The predicted octanol–water partition coefficient (Wildman–Crippen LogP) is 1.03. The van der Waals surface area contributed by atoms with Gasteiger partial charge in [-0.25, -0.2) is 9.78 Å². The number of benzene rings is 1. The van der Waals surface area contributed by atoms with Crippen molar-refractivity contribution in [3.63, 3.8) is 0 Å². The van der Waals surface area contributed by atoms with Crippen LogP contribution in [-0.2, 0) is 27.5 Å². The molecule has 3 N–H and O–H groups in total. The van der Waals surface area contributed by atoms with E-state index in [1.165, 1.54) is 13.2 Å². The Balaban J connectivity index is 1.95. The lowest BCUT2D eigenvalue weighted by Gasteiger charge is -2.10. The number of aliphatic hydroxyl groups is 1. The Hall–Kier alpha value is -2.85. The van der Waals surface area contributed by atoms with Gasteiger partial charge in [0.05, 0.1) is 36.4 Å². The molecule has 0 unspecified atom stereocenters. The monoisotopic (exact) mass is 406 g/mol. The highest BCUT2D eigenvalue weighted by atomic mass is 32.2. The summed E-state index contributed by atoms with van der Waals surface area (Å²) in [7, 11) is 1.52. The summed E-state index contributed by atoms with van der Waals surface area (Å²) >= 11 is 1.15. The minimum absolute atomic E-state index is 0.00562. The Morgan fingerprint density at radius 1 is 1.21 bits per heavy atom. The van der Waals surface area contributed by atoms with Crippen molar-refractivity contribution in [3.8, 4) is 0 Å². The van der Waals surface area contributed by atoms with Crippen LogP contribution < -0.4 is 10.6 Å². The SMILES string of the molecule is CCOC(=O)c1ccc(NC(=O)CSc2ncc(CO)n2CC(=O)NC)cc1. The van der Waals surface area contributed by atoms with Crippen LogP contribution in [-0.4, -0.2) is 51.8 Å². The van der Waals surface area contributed by atoms with Crippen LogP contribution in [0.4, 0.5) is 5.69 Å². The number of amides is 2. The summed E-state index contributed by atoms with van der Waals surface area (Å²) in [5.74, 6) is -0.858. The van der Waals surface area contributed by atoms with Gasteiger partial charge in [-0.3, -0.25) is 9.59 Å². The van der Waals surface area contributed by atoms with E-state index in [0.29, 0.717) is 28.7 Å². The molecule has 0 aliphatic rings. The molecule has 1 aromatic heterocycles. The topological polar surface area (TPSA) is 123 Å². The van der Waals surface area contributed by atoms with Gasteiger partial charge in [0.2, 0.25) is 11.8 Å². The average Bonchev–Trinajstić information content (AvgIpc) is 3.08. The van der Waals surface area contributed by atoms with E-state index in [1.54, 1.807) is 35.8 Å². The van der Waals surface area contributed by atoms with Crippen molar-refractivity contribution >= 4 is 35.2 Å². The first-order valence-corrected chi connectivity index (χ1v) is 9.52. The Kier molecular flexibility index (Phi) is 8.02. The quantitative estimate of drug-likeness (QED) is 0.420. The second kappa shape index (κ2) is 10.5. The molecule has 0 aliphatic heterocycles. The van der Waals surface area contributed by atoms with Gasteiger partial charge >= 0.3 is 5.97 Å². The second-order valence-electron chi connectivity index (χ2n) is 5.58. The fourth-order valence-electron chi connectivity index (χ4n) is 2.26. The molecule has 2 amide bonds. The number of hydrogen-bond acceptors (Lipinski definition) is 7. The molecule has 150 valence electrons. The molecule has 0 saturated heterocycles. The number of likely N-dealkylation sites (N-methyl/N-ethyl adjacent to an activating group) is 1. The molecule has 2 rings (SSSR count). The summed E-state index contributed by atoms with van der Waals surface area (Å²) in [4.78, 5) is 39.6. The van der Waals surface area contributed by atoms with Gasteiger partial charge in [-0.15, -0.1) is 0 Å². The van der Waals surface area contributed by atoms with E-state index in [0.717, 1.165) is 11.8 Å². The summed E-state index contributed by atoms with van der Waals surface area (Å²) in [5.41, 5.74) is 1.44. The number of carbonyl (C=O) groups is 3. The van der Waals surface area contributed by atoms with Gasteiger partial charge in [-0.2, -0.15) is 0 Å². The number of aliphatic hydroxyl groups excluding tert-OH is 1. The van der Waals surface area contributed by atoms with Crippen molar-refractivity contribution in [1.29, 1.82) is 0 Å². The molecule has 0 radical (unpaired) electrons. The number of anilines is 1. The van der Waals surface area contributed by atoms with Gasteiger partial charge in [0.1, 0.15) is 6.54 Å². The molecule has 0 saturated carbocycles. The van der Waals surface area contributed by atoms with E-state index in [9.17, 15) is 19.5 Å². The van der Waals surface area contributed by atoms with Crippen LogP contribution in [0.25, 0.3) is 0 Å². The Morgan fingerprint density at radius 2 is 1.93 bits per heavy atom. The number of carbonyl (C=O) groups excluding carboxylic acids is 3. The molecule has 0 atom stereocenters. The maximum absolute atomic E-state index is 12.2. The summed E-state index contributed by atoms with van der Waals surface area (Å²) in [5, 5.41) is 15.1.